The van der Waals surface area contributed by atoms with Crippen molar-refractivity contribution < 1.29 is 0 Å². The fourth-order valence-electron chi connectivity index (χ4n) is 8.19. The molecule has 0 amide bonds. The lowest BCUT2D eigenvalue weighted by atomic mass is 9.89. The van der Waals surface area contributed by atoms with E-state index in [1.165, 1.54) is 26.9 Å². The quantitative estimate of drug-likeness (QED) is 0.173. The smallest absolute Gasteiger partial charge is 0.0795 e. The highest BCUT2D eigenvalue weighted by molar-refractivity contribution is 6.25. The monoisotopic (exact) mass is 686 g/mol. The minimum Gasteiger partial charge on any atom is -0.256 e. The largest absolute Gasteiger partial charge is 0.256 e. The SMILES string of the molecule is c1ccc2cc(-c3nc4ccccc4c4c3cc(-c3cc(-c5cccc6cccnc56)nc(-c5cccc6cccnc56)c3)c3ccccc34)ccc2c1. The molecular formula is C50H30N4. The Kier molecular flexibility index (Phi) is 6.82. The Morgan fingerprint density at radius 1 is 0.333 bits per heavy atom. The minimum absolute atomic E-state index is 0.857. The first-order chi connectivity index (χ1) is 26.8. The van der Waals surface area contributed by atoms with E-state index in [1.54, 1.807) is 0 Å². The third-order valence-electron chi connectivity index (χ3n) is 10.7. The molecule has 0 saturated heterocycles. The molecule has 4 aromatic heterocycles. The van der Waals surface area contributed by atoms with Crippen LogP contribution in [0.1, 0.15) is 0 Å². The van der Waals surface area contributed by atoms with Crippen molar-refractivity contribution in [3.8, 4) is 44.9 Å². The summed E-state index contributed by atoms with van der Waals surface area (Å²) in [6, 6.07) is 60.1. The number of hydrogen-bond acceptors (Lipinski definition) is 4. The molecule has 0 N–H and O–H groups in total. The maximum atomic E-state index is 5.39. The van der Waals surface area contributed by atoms with Gasteiger partial charge in [0.15, 0.2) is 0 Å². The van der Waals surface area contributed by atoms with Gasteiger partial charge in [-0.3, -0.25) is 9.97 Å². The van der Waals surface area contributed by atoms with Gasteiger partial charge in [-0.1, -0.05) is 127 Å². The molecule has 54 heavy (non-hydrogen) atoms. The van der Waals surface area contributed by atoms with E-state index in [0.717, 1.165) is 83.0 Å². The molecule has 0 radical (unpaired) electrons. The summed E-state index contributed by atoms with van der Waals surface area (Å²) in [5.74, 6) is 0. The zero-order chi connectivity index (χ0) is 35.6. The number of rotatable bonds is 4. The first-order valence-corrected chi connectivity index (χ1v) is 18.2. The lowest BCUT2D eigenvalue weighted by Crippen LogP contribution is -1.96. The van der Waals surface area contributed by atoms with Crippen LogP contribution in [-0.2, 0) is 0 Å². The molecule has 4 nitrogen and oxygen atoms in total. The highest BCUT2D eigenvalue weighted by atomic mass is 14.7. The topological polar surface area (TPSA) is 51.6 Å². The molecule has 0 bridgehead atoms. The van der Waals surface area contributed by atoms with Crippen molar-refractivity contribution in [2.24, 2.45) is 0 Å². The Hall–Kier alpha value is -7.30. The average Bonchev–Trinajstić information content (AvgIpc) is 3.25. The van der Waals surface area contributed by atoms with Crippen molar-refractivity contribution in [2.75, 3.05) is 0 Å². The van der Waals surface area contributed by atoms with Gasteiger partial charge in [0, 0.05) is 56.0 Å². The lowest BCUT2D eigenvalue weighted by molar-refractivity contribution is 1.31. The second-order valence-electron chi connectivity index (χ2n) is 13.8. The van der Waals surface area contributed by atoms with Crippen LogP contribution in [0.25, 0.3) is 110 Å². The van der Waals surface area contributed by atoms with Gasteiger partial charge in [-0.25, -0.2) is 9.97 Å². The molecule has 0 unspecified atom stereocenters. The summed E-state index contributed by atoms with van der Waals surface area (Å²) >= 11 is 0. The van der Waals surface area contributed by atoms with E-state index in [2.05, 4.69) is 158 Å². The number of pyridine rings is 4. The molecule has 0 saturated carbocycles. The molecule has 7 aromatic carbocycles. The zero-order valence-electron chi connectivity index (χ0n) is 29.1. The average molecular weight is 687 g/mol. The Morgan fingerprint density at radius 3 is 1.65 bits per heavy atom. The van der Waals surface area contributed by atoms with Crippen molar-refractivity contribution >= 4 is 65.0 Å². The minimum atomic E-state index is 0.857. The van der Waals surface area contributed by atoms with Crippen molar-refractivity contribution in [2.45, 2.75) is 0 Å². The standard InChI is InChI=1S/C50H30N4/c1-2-12-34-27-35(24-23-31(34)11-1)50-43-30-42(37-17-3-4-18-38(37)47(43)39-19-5-6-22-44(39)54-50)36-28-45(40-20-7-13-32-15-9-25-51-48(32)40)53-46(29-36)41-21-8-14-33-16-10-26-52-49(33)41/h1-30H. The fraction of sp³-hybridized carbons (Fsp3) is 0. The molecule has 11 rings (SSSR count). The molecular weight excluding hydrogens is 657 g/mol. The van der Waals surface area contributed by atoms with Gasteiger partial charge in [-0.05, 0) is 75.1 Å². The Bertz CT molecular complexity index is 3190. The Labute approximate surface area is 311 Å². The molecule has 11 aromatic rings. The maximum absolute atomic E-state index is 5.39. The number of hydrogen-bond donors (Lipinski definition) is 0. The predicted molar refractivity (Wildman–Crippen MR) is 224 cm³/mol. The van der Waals surface area contributed by atoms with Crippen molar-refractivity contribution in [3.63, 3.8) is 0 Å². The molecule has 250 valence electrons. The van der Waals surface area contributed by atoms with Gasteiger partial charge in [0.1, 0.15) is 0 Å². The van der Waals surface area contributed by atoms with Crippen LogP contribution >= 0.6 is 0 Å². The van der Waals surface area contributed by atoms with Crippen molar-refractivity contribution in [3.05, 3.63) is 182 Å². The molecule has 0 aliphatic rings. The van der Waals surface area contributed by atoms with Gasteiger partial charge in [0.25, 0.3) is 0 Å². The number of fused-ring (bicyclic) bond motifs is 8. The third kappa shape index (κ3) is 4.85. The second-order valence-corrected chi connectivity index (χ2v) is 13.8. The maximum Gasteiger partial charge on any atom is 0.0795 e. The van der Waals surface area contributed by atoms with E-state index in [4.69, 9.17) is 19.9 Å². The van der Waals surface area contributed by atoms with E-state index in [-0.39, 0.29) is 0 Å². The Balaban J connectivity index is 1.26. The first-order valence-electron chi connectivity index (χ1n) is 18.2. The molecule has 0 spiro atoms. The van der Waals surface area contributed by atoms with E-state index in [1.807, 2.05) is 24.5 Å². The summed E-state index contributed by atoms with van der Waals surface area (Å²) in [6.07, 6.45) is 3.71. The van der Waals surface area contributed by atoms with Crippen LogP contribution < -0.4 is 0 Å². The van der Waals surface area contributed by atoms with Gasteiger partial charge < -0.3 is 0 Å². The normalized spacial score (nSPS) is 11.7. The highest BCUT2D eigenvalue weighted by Gasteiger charge is 2.19. The predicted octanol–water partition coefficient (Wildman–Crippen LogP) is 12.9. The van der Waals surface area contributed by atoms with Crippen molar-refractivity contribution in [1.29, 1.82) is 0 Å². The van der Waals surface area contributed by atoms with Crippen molar-refractivity contribution in [1.82, 2.24) is 19.9 Å². The number of aromatic nitrogens is 4. The zero-order valence-corrected chi connectivity index (χ0v) is 29.1. The van der Waals surface area contributed by atoms with Gasteiger partial charge in [0.2, 0.25) is 0 Å². The third-order valence-corrected chi connectivity index (χ3v) is 10.7. The molecule has 0 atom stereocenters. The number of nitrogens with zero attached hydrogens (tertiary/aromatic N) is 4. The van der Waals surface area contributed by atoms with Crippen LogP contribution in [0.3, 0.4) is 0 Å². The summed E-state index contributed by atoms with van der Waals surface area (Å²) in [6.45, 7) is 0. The first kappa shape index (κ1) is 30.3. The summed E-state index contributed by atoms with van der Waals surface area (Å²) in [5, 5.41) is 10.3. The van der Waals surface area contributed by atoms with Crippen LogP contribution in [0.5, 0.6) is 0 Å². The van der Waals surface area contributed by atoms with E-state index < -0.39 is 0 Å². The summed E-state index contributed by atoms with van der Waals surface area (Å²) in [4.78, 5) is 20.5. The van der Waals surface area contributed by atoms with E-state index in [0.29, 0.717) is 0 Å². The number of benzene rings is 7. The van der Waals surface area contributed by atoms with Gasteiger partial charge in [-0.15, -0.1) is 0 Å². The van der Waals surface area contributed by atoms with Gasteiger partial charge in [-0.2, -0.15) is 0 Å². The summed E-state index contributed by atoms with van der Waals surface area (Å²) < 4.78 is 0. The van der Waals surface area contributed by atoms with Gasteiger partial charge >= 0.3 is 0 Å². The second kappa shape index (κ2) is 12.1. The molecule has 0 aliphatic heterocycles. The molecule has 4 heterocycles. The highest BCUT2D eigenvalue weighted by Crippen LogP contribution is 2.43. The molecule has 0 fully saturated rings. The van der Waals surface area contributed by atoms with E-state index >= 15 is 0 Å². The molecule has 4 heteroatoms. The van der Waals surface area contributed by atoms with Crippen LogP contribution in [0, 0.1) is 0 Å². The summed E-state index contributed by atoms with van der Waals surface area (Å²) in [5.41, 5.74) is 10.7. The molecule has 0 aliphatic carbocycles. The summed E-state index contributed by atoms with van der Waals surface area (Å²) in [7, 11) is 0. The number of para-hydroxylation sites is 3. The van der Waals surface area contributed by atoms with E-state index in [9.17, 15) is 0 Å². The van der Waals surface area contributed by atoms with Gasteiger partial charge in [0.05, 0.1) is 33.6 Å². The Morgan fingerprint density at radius 2 is 0.926 bits per heavy atom. The lowest BCUT2D eigenvalue weighted by Gasteiger charge is -2.18. The fourth-order valence-corrected chi connectivity index (χ4v) is 8.19. The van der Waals surface area contributed by atoms with Crippen LogP contribution in [0.15, 0.2) is 182 Å². The van der Waals surface area contributed by atoms with Crippen LogP contribution in [0.2, 0.25) is 0 Å². The van der Waals surface area contributed by atoms with Crippen LogP contribution in [-0.4, -0.2) is 19.9 Å². The van der Waals surface area contributed by atoms with Crippen LogP contribution in [0.4, 0.5) is 0 Å².